The molecule has 1 atom stereocenters. The van der Waals surface area contributed by atoms with Gasteiger partial charge in [0.2, 0.25) is 5.82 Å². The fourth-order valence-electron chi connectivity index (χ4n) is 3.31. The fourth-order valence-corrected chi connectivity index (χ4v) is 3.90. The quantitative estimate of drug-likeness (QED) is 0.618. The summed E-state index contributed by atoms with van der Waals surface area (Å²) in [7, 11) is 0. The van der Waals surface area contributed by atoms with Crippen LogP contribution in [0.3, 0.4) is 0 Å². The van der Waals surface area contributed by atoms with Gasteiger partial charge in [0.05, 0.1) is 22.3 Å². The Balaban J connectivity index is 1.90. The summed E-state index contributed by atoms with van der Waals surface area (Å²) in [4.78, 5) is 21.1. The van der Waals surface area contributed by atoms with E-state index in [4.69, 9.17) is 4.98 Å². The van der Waals surface area contributed by atoms with Gasteiger partial charge in [-0.2, -0.15) is 5.10 Å². The van der Waals surface area contributed by atoms with Crippen molar-refractivity contribution in [2.75, 3.05) is 0 Å². The lowest BCUT2D eigenvalue weighted by molar-refractivity contribution is 0.101. The lowest BCUT2D eigenvalue weighted by Crippen LogP contribution is -2.15. The number of aromatic nitrogens is 6. The first kappa shape index (κ1) is 18.4. The van der Waals surface area contributed by atoms with Crippen molar-refractivity contribution in [2.45, 2.75) is 60.5 Å². The minimum Gasteiger partial charge on any atom is -0.294 e. The van der Waals surface area contributed by atoms with Crippen LogP contribution in [0.25, 0.3) is 11.5 Å². The molecule has 0 amide bonds. The fraction of sp³-hybridized carbons (Fsp3) is 0.500. The summed E-state index contributed by atoms with van der Waals surface area (Å²) in [6.07, 6.45) is 0.684. The Hall–Kier alpha value is -2.35. The predicted molar refractivity (Wildman–Crippen MR) is 102 cm³/mol. The molecule has 0 aliphatic rings. The van der Waals surface area contributed by atoms with Crippen molar-refractivity contribution in [3.8, 4) is 11.5 Å². The zero-order chi connectivity index (χ0) is 19.0. The lowest BCUT2D eigenvalue weighted by Gasteiger charge is -2.14. The molecule has 0 radical (unpaired) electrons. The molecule has 0 aliphatic carbocycles. The van der Waals surface area contributed by atoms with Crippen LogP contribution in [0.15, 0.2) is 5.38 Å². The molecule has 0 aromatic carbocycles. The van der Waals surface area contributed by atoms with Crippen LogP contribution in [0.4, 0.5) is 0 Å². The van der Waals surface area contributed by atoms with E-state index in [1.165, 1.54) is 0 Å². The molecule has 3 rings (SSSR count). The van der Waals surface area contributed by atoms with Crippen molar-refractivity contribution < 1.29 is 4.79 Å². The zero-order valence-electron chi connectivity index (χ0n) is 16.1. The Morgan fingerprint density at radius 3 is 2.50 bits per heavy atom. The molecule has 3 heterocycles. The van der Waals surface area contributed by atoms with Crippen LogP contribution in [0, 0.1) is 20.8 Å². The first-order valence-electron chi connectivity index (χ1n) is 8.74. The Kier molecular flexibility index (Phi) is 5.04. The molecule has 0 N–H and O–H groups in total. The number of nitrogens with zero attached hydrogens (tertiary/aromatic N) is 6. The average molecular weight is 372 g/mol. The molecule has 0 aliphatic heterocycles. The maximum Gasteiger partial charge on any atom is 0.200 e. The summed E-state index contributed by atoms with van der Waals surface area (Å²) in [5.74, 6) is 1.62. The lowest BCUT2D eigenvalue weighted by atomic mass is 10.1. The predicted octanol–water partition coefficient (Wildman–Crippen LogP) is 3.55. The van der Waals surface area contributed by atoms with Crippen LogP contribution in [0.1, 0.15) is 59.4 Å². The summed E-state index contributed by atoms with van der Waals surface area (Å²) in [6, 6.07) is 0.0707. The van der Waals surface area contributed by atoms with E-state index in [1.807, 2.05) is 35.5 Å². The van der Waals surface area contributed by atoms with E-state index in [9.17, 15) is 4.79 Å². The van der Waals surface area contributed by atoms with Gasteiger partial charge in [-0.25, -0.2) is 14.6 Å². The van der Waals surface area contributed by atoms with E-state index < -0.39 is 0 Å². The number of Topliss-reactive ketones (excluding diaryl/α,β-unsaturated/α-hetero) is 1. The third-order valence-corrected chi connectivity index (χ3v) is 5.24. The third-order valence-electron chi connectivity index (χ3n) is 4.47. The molecule has 26 heavy (non-hydrogen) atoms. The van der Waals surface area contributed by atoms with E-state index >= 15 is 0 Å². The van der Waals surface area contributed by atoms with Crippen molar-refractivity contribution in [1.29, 1.82) is 0 Å². The highest BCUT2D eigenvalue weighted by molar-refractivity contribution is 7.09. The number of rotatable bonds is 6. The van der Waals surface area contributed by atoms with Crippen molar-refractivity contribution in [2.24, 2.45) is 0 Å². The van der Waals surface area contributed by atoms with Crippen LogP contribution in [0.5, 0.6) is 0 Å². The van der Waals surface area contributed by atoms with Gasteiger partial charge in [-0.1, -0.05) is 0 Å². The van der Waals surface area contributed by atoms with Crippen molar-refractivity contribution in [1.82, 2.24) is 29.5 Å². The van der Waals surface area contributed by atoms with Gasteiger partial charge in [-0.05, 0) is 41.5 Å². The Bertz CT molecular complexity index is 951. The number of carbonyl (C=O) groups is 1. The average Bonchev–Trinajstić information content (AvgIpc) is 3.24. The highest BCUT2D eigenvalue weighted by Crippen LogP contribution is 2.23. The smallest absolute Gasteiger partial charge is 0.200 e. The van der Waals surface area contributed by atoms with Crippen LogP contribution >= 0.6 is 11.3 Å². The van der Waals surface area contributed by atoms with E-state index in [0.717, 1.165) is 34.5 Å². The van der Waals surface area contributed by atoms with Gasteiger partial charge in [0.15, 0.2) is 5.78 Å². The van der Waals surface area contributed by atoms with E-state index in [0.29, 0.717) is 17.8 Å². The zero-order valence-corrected chi connectivity index (χ0v) is 16.9. The second-order valence-corrected chi connectivity index (χ2v) is 7.58. The van der Waals surface area contributed by atoms with Crippen molar-refractivity contribution in [3.63, 3.8) is 0 Å². The van der Waals surface area contributed by atoms with E-state index in [-0.39, 0.29) is 11.8 Å². The van der Waals surface area contributed by atoms with Gasteiger partial charge in [-0.3, -0.25) is 9.48 Å². The first-order chi connectivity index (χ1) is 12.3. The molecule has 3 aromatic rings. The Morgan fingerprint density at radius 2 is 1.96 bits per heavy atom. The van der Waals surface area contributed by atoms with Crippen LogP contribution in [-0.2, 0) is 13.0 Å². The molecule has 7 nitrogen and oxygen atoms in total. The minimum absolute atomic E-state index is 0.0522. The third kappa shape index (κ3) is 3.33. The number of ketones is 1. The number of thiazole rings is 1. The summed E-state index contributed by atoms with van der Waals surface area (Å²) < 4.78 is 3.84. The summed E-state index contributed by atoms with van der Waals surface area (Å²) >= 11 is 1.60. The maximum atomic E-state index is 11.9. The maximum absolute atomic E-state index is 11.9. The van der Waals surface area contributed by atoms with Gasteiger partial charge in [0.25, 0.3) is 0 Å². The van der Waals surface area contributed by atoms with E-state index in [1.54, 1.807) is 18.3 Å². The molecule has 0 saturated heterocycles. The van der Waals surface area contributed by atoms with Gasteiger partial charge in [0, 0.05) is 24.0 Å². The largest absolute Gasteiger partial charge is 0.294 e. The Labute approximate surface area is 157 Å². The van der Waals surface area contributed by atoms with E-state index in [2.05, 4.69) is 29.0 Å². The number of hydrogen-bond acceptors (Lipinski definition) is 6. The topological polar surface area (TPSA) is 78.5 Å². The van der Waals surface area contributed by atoms with Gasteiger partial charge in [0.1, 0.15) is 11.5 Å². The molecule has 0 spiro atoms. The number of carbonyl (C=O) groups excluding carboxylic acids is 1. The second-order valence-electron chi connectivity index (χ2n) is 6.52. The van der Waals surface area contributed by atoms with Gasteiger partial charge in [-0.15, -0.1) is 16.4 Å². The highest BCUT2D eigenvalue weighted by Gasteiger charge is 2.21. The molecule has 0 saturated carbocycles. The molecule has 0 bridgehead atoms. The molecular formula is C18H24N6OS. The molecular weight excluding hydrogens is 348 g/mol. The normalized spacial score (nSPS) is 12.5. The number of hydrogen-bond donors (Lipinski definition) is 0. The number of aryl methyl sites for hydroxylation is 3. The van der Waals surface area contributed by atoms with Gasteiger partial charge >= 0.3 is 0 Å². The van der Waals surface area contributed by atoms with Crippen LogP contribution < -0.4 is 0 Å². The molecule has 138 valence electrons. The minimum atomic E-state index is 0.0522. The molecule has 8 heteroatoms. The molecule has 0 unspecified atom stereocenters. The van der Waals surface area contributed by atoms with Crippen LogP contribution in [-0.4, -0.2) is 35.3 Å². The van der Waals surface area contributed by atoms with Gasteiger partial charge < -0.3 is 0 Å². The molecule has 0 fully saturated rings. The summed E-state index contributed by atoms with van der Waals surface area (Å²) in [6.45, 7) is 12.3. The summed E-state index contributed by atoms with van der Waals surface area (Å²) in [5.41, 5.74) is 3.21. The summed E-state index contributed by atoms with van der Waals surface area (Å²) in [5, 5.41) is 12.2. The second kappa shape index (κ2) is 7.11. The first-order valence-corrected chi connectivity index (χ1v) is 9.62. The Morgan fingerprint density at radius 1 is 1.23 bits per heavy atom. The molecule has 3 aromatic heterocycles. The monoisotopic (exact) mass is 372 g/mol. The van der Waals surface area contributed by atoms with Crippen molar-refractivity contribution >= 4 is 17.1 Å². The van der Waals surface area contributed by atoms with Crippen molar-refractivity contribution in [3.05, 3.63) is 33.2 Å². The standard InChI is InChI=1S/C18H24N6OS/c1-7-23-16(20-18(22-23)15-9-26-14(6)19-15)8-10(2)24-12(4)17(13(5)25)11(3)21-24/h9-10H,7-8H2,1-6H3/t10-/m1/s1. The van der Waals surface area contributed by atoms with Crippen LogP contribution in [0.2, 0.25) is 0 Å². The SMILES string of the molecule is CCn1nc(-c2csc(C)n2)nc1C[C@@H](C)n1nc(C)c(C(C)=O)c1C. The highest BCUT2D eigenvalue weighted by atomic mass is 32.1.